The first-order valence-electron chi connectivity index (χ1n) is 7.45. The zero-order valence-corrected chi connectivity index (χ0v) is 12.5. The highest BCUT2D eigenvalue weighted by molar-refractivity contribution is 5.78. The Kier molecular flexibility index (Phi) is 5.15. The average molecular weight is 275 g/mol. The van der Waals surface area contributed by atoms with Crippen molar-refractivity contribution in [1.29, 1.82) is 0 Å². The predicted molar refractivity (Wildman–Crippen MR) is 82.8 cm³/mol. The molecule has 2 rings (SSSR count). The molecule has 0 saturated carbocycles. The first-order chi connectivity index (χ1) is 9.68. The maximum Gasteiger partial charge on any atom is 0.0682 e. The Morgan fingerprint density at radius 3 is 2.85 bits per heavy atom. The molecule has 0 bridgehead atoms. The lowest BCUT2D eigenvalue weighted by Crippen LogP contribution is -2.45. The Balaban J connectivity index is 1.84. The maximum atomic E-state index is 9.46. The van der Waals surface area contributed by atoms with E-state index in [1.54, 1.807) is 0 Å². The zero-order valence-electron chi connectivity index (χ0n) is 12.5. The van der Waals surface area contributed by atoms with Gasteiger partial charge in [0.15, 0.2) is 0 Å². The normalized spacial score (nSPS) is 14.6. The van der Waals surface area contributed by atoms with Crippen LogP contribution in [0.5, 0.6) is 0 Å². The molecule has 0 spiro atoms. The summed E-state index contributed by atoms with van der Waals surface area (Å²) in [6.45, 7) is 6.16. The summed E-state index contributed by atoms with van der Waals surface area (Å²) < 4.78 is 2.07. The molecule has 0 saturated heterocycles. The molecule has 1 atom stereocenters. The van der Waals surface area contributed by atoms with Crippen LogP contribution in [0.25, 0.3) is 10.9 Å². The largest absolute Gasteiger partial charge is 0.394 e. The van der Waals surface area contributed by atoms with Crippen molar-refractivity contribution in [2.24, 2.45) is 0 Å². The maximum absolute atomic E-state index is 9.46. The average Bonchev–Trinajstić information content (AvgIpc) is 2.87. The van der Waals surface area contributed by atoms with E-state index in [1.807, 2.05) is 12.3 Å². The molecule has 1 heterocycles. The number of aliphatic hydroxyl groups excluding tert-OH is 1. The standard InChI is InChI=1S/C16H25N3O/c1-3-17-16(2,13-20)10-6-7-11-19-15-9-5-4-8-14(15)12-18-19/h4-5,8-9,12,17,20H,3,6-7,10-11,13H2,1-2H3. The van der Waals surface area contributed by atoms with Crippen LogP contribution in [0.4, 0.5) is 0 Å². The van der Waals surface area contributed by atoms with Crippen molar-refractivity contribution >= 4 is 10.9 Å². The Morgan fingerprint density at radius 1 is 1.30 bits per heavy atom. The second-order valence-corrected chi connectivity index (χ2v) is 5.63. The molecule has 0 fully saturated rings. The summed E-state index contributed by atoms with van der Waals surface area (Å²) in [6.07, 6.45) is 5.06. The minimum absolute atomic E-state index is 0.152. The predicted octanol–water partition coefficient (Wildman–Crippen LogP) is 2.57. The molecule has 4 heteroatoms. The SMILES string of the molecule is CCNC(C)(CO)CCCCn1ncc2ccccc21. The molecule has 110 valence electrons. The molecular formula is C16H25N3O. The molecule has 1 unspecified atom stereocenters. The fourth-order valence-electron chi connectivity index (χ4n) is 2.63. The van der Waals surface area contributed by atoms with E-state index in [9.17, 15) is 5.11 Å². The summed E-state index contributed by atoms with van der Waals surface area (Å²) in [5, 5.41) is 18.5. The quantitative estimate of drug-likeness (QED) is 0.728. The lowest BCUT2D eigenvalue weighted by molar-refractivity contribution is 0.164. The second kappa shape index (κ2) is 6.86. The molecule has 0 aliphatic carbocycles. The van der Waals surface area contributed by atoms with Gasteiger partial charge in [0.1, 0.15) is 0 Å². The van der Waals surface area contributed by atoms with Crippen LogP contribution >= 0.6 is 0 Å². The van der Waals surface area contributed by atoms with E-state index >= 15 is 0 Å². The smallest absolute Gasteiger partial charge is 0.0682 e. The third-order valence-corrected chi connectivity index (χ3v) is 3.85. The number of para-hydroxylation sites is 1. The number of nitrogens with one attached hydrogen (secondary N) is 1. The van der Waals surface area contributed by atoms with Gasteiger partial charge in [-0.15, -0.1) is 0 Å². The number of aryl methyl sites for hydroxylation is 1. The van der Waals surface area contributed by atoms with Crippen LogP contribution in [0.15, 0.2) is 30.5 Å². The van der Waals surface area contributed by atoms with Crippen molar-refractivity contribution in [3.63, 3.8) is 0 Å². The van der Waals surface area contributed by atoms with Gasteiger partial charge in [-0.25, -0.2) is 0 Å². The van der Waals surface area contributed by atoms with E-state index in [0.717, 1.165) is 32.4 Å². The molecular weight excluding hydrogens is 250 g/mol. The number of nitrogens with zero attached hydrogens (tertiary/aromatic N) is 2. The summed E-state index contributed by atoms with van der Waals surface area (Å²) in [4.78, 5) is 0. The van der Waals surface area contributed by atoms with Gasteiger partial charge < -0.3 is 10.4 Å². The van der Waals surface area contributed by atoms with Crippen molar-refractivity contribution in [2.75, 3.05) is 13.2 Å². The third-order valence-electron chi connectivity index (χ3n) is 3.85. The molecule has 20 heavy (non-hydrogen) atoms. The zero-order chi connectivity index (χ0) is 14.4. The fraction of sp³-hybridized carbons (Fsp3) is 0.562. The van der Waals surface area contributed by atoms with Gasteiger partial charge >= 0.3 is 0 Å². The number of likely N-dealkylation sites (N-methyl/N-ethyl adjacent to an activating group) is 1. The summed E-state index contributed by atoms with van der Waals surface area (Å²) >= 11 is 0. The van der Waals surface area contributed by atoms with Gasteiger partial charge in [0.05, 0.1) is 18.3 Å². The van der Waals surface area contributed by atoms with Gasteiger partial charge in [-0.2, -0.15) is 5.10 Å². The van der Waals surface area contributed by atoms with Gasteiger partial charge in [-0.1, -0.05) is 25.1 Å². The summed E-state index contributed by atoms with van der Waals surface area (Å²) in [5.41, 5.74) is 1.05. The van der Waals surface area contributed by atoms with E-state index in [0.29, 0.717) is 0 Å². The van der Waals surface area contributed by atoms with Gasteiger partial charge in [0.25, 0.3) is 0 Å². The Morgan fingerprint density at radius 2 is 2.10 bits per heavy atom. The number of fused-ring (bicyclic) bond motifs is 1. The summed E-state index contributed by atoms with van der Waals surface area (Å²) in [6, 6.07) is 8.29. The second-order valence-electron chi connectivity index (χ2n) is 5.63. The van der Waals surface area contributed by atoms with Gasteiger partial charge in [0.2, 0.25) is 0 Å². The molecule has 2 N–H and O–H groups in total. The van der Waals surface area contributed by atoms with E-state index in [2.05, 4.69) is 47.1 Å². The van der Waals surface area contributed by atoms with Crippen molar-refractivity contribution in [3.8, 4) is 0 Å². The number of hydrogen-bond acceptors (Lipinski definition) is 3. The lowest BCUT2D eigenvalue weighted by Gasteiger charge is -2.28. The van der Waals surface area contributed by atoms with Crippen LogP contribution in [0.3, 0.4) is 0 Å². The van der Waals surface area contributed by atoms with Crippen LogP contribution in [0.1, 0.15) is 33.1 Å². The molecule has 2 aromatic rings. The lowest BCUT2D eigenvalue weighted by atomic mass is 9.96. The van der Waals surface area contributed by atoms with Crippen molar-refractivity contribution in [1.82, 2.24) is 15.1 Å². The van der Waals surface area contributed by atoms with Crippen LogP contribution < -0.4 is 5.32 Å². The van der Waals surface area contributed by atoms with E-state index in [-0.39, 0.29) is 12.1 Å². The van der Waals surface area contributed by atoms with E-state index < -0.39 is 0 Å². The minimum atomic E-state index is -0.152. The number of unbranched alkanes of at least 4 members (excludes halogenated alkanes) is 1. The number of aliphatic hydroxyl groups is 1. The highest BCUT2D eigenvalue weighted by atomic mass is 16.3. The highest BCUT2D eigenvalue weighted by Gasteiger charge is 2.20. The Hall–Kier alpha value is -1.39. The number of rotatable bonds is 8. The molecule has 4 nitrogen and oxygen atoms in total. The van der Waals surface area contributed by atoms with Crippen molar-refractivity contribution < 1.29 is 5.11 Å². The third kappa shape index (κ3) is 3.58. The minimum Gasteiger partial charge on any atom is -0.394 e. The molecule has 0 amide bonds. The number of aromatic nitrogens is 2. The van der Waals surface area contributed by atoms with E-state index in [1.165, 1.54) is 10.9 Å². The van der Waals surface area contributed by atoms with Crippen LogP contribution in [-0.4, -0.2) is 33.6 Å². The molecule has 1 aromatic carbocycles. The number of hydrogen-bond donors (Lipinski definition) is 2. The summed E-state index contributed by atoms with van der Waals surface area (Å²) in [7, 11) is 0. The van der Waals surface area contributed by atoms with Crippen LogP contribution in [0.2, 0.25) is 0 Å². The van der Waals surface area contributed by atoms with Gasteiger partial charge in [-0.3, -0.25) is 4.68 Å². The Labute approximate surface area is 120 Å². The van der Waals surface area contributed by atoms with Gasteiger partial charge in [-0.05, 0) is 38.8 Å². The Bertz CT molecular complexity index is 537. The summed E-state index contributed by atoms with van der Waals surface area (Å²) in [5.74, 6) is 0. The molecule has 0 radical (unpaired) electrons. The van der Waals surface area contributed by atoms with Crippen molar-refractivity contribution in [3.05, 3.63) is 30.5 Å². The molecule has 0 aliphatic rings. The van der Waals surface area contributed by atoms with Crippen LogP contribution in [0, 0.1) is 0 Å². The molecule has 0 aliphatic heterocycles. The molecule has 1 aromatic heterocycles. The number of benzene rings is 1. The topological polar surface area (TPSA) is 50.1 Å². The first-order valence-corrected chi connectivity index (χ1v) is 7.45. The van der Waals surface area contributed by atoms with Crippen LogP contribution in [-0.2, 0) is 6.54 Å². The first kappa shape index (κ1) is 15.0. The van der Waals surface area contributed by atoms with E-state index in [4.69, 9.17) is 0 Å². The van der Waals surface area contributed by atoms with Crippen molar-refractivity contribution in [2.45, 2.75) is 45.2 Å². The fourth-order valence-corrected chi connectivity index (χ4v) is 2.63. The monoisotopic (exact) mass is 275 g/mol. The van der Waals surface area contributed by atoms with Gasteiger partial charge in [0, 0.05) is 17.5 Å². The highest BCUT2D eigenvalue weighted by Crippen LogP contribution is 2.16.